The van der Waals surface area contributed by atoms with Crippen molar-refractivity contribution >= 4 is 40.0 Å². The molecule has 1 N–H and O–H groups in total. The summed E-state index contributed by atoms with van der Waals surface area (Å²) >= 11 is 6.09. The molecule has 0 spiro atoms. The average Bonchev–Trinajstić information content (AvgIpc) is 2.78. The monoisotopic (exact) mass is 277 g/mol. The summed E-state index contributed by atoms with van der Waals surface area (Å²) in [5.74, 6) is -0.0914. The van der Waals surface area contributed by atoms with Crippen molar-refractivity contribution in [1.82, 2.24) is 10.2 Å². The number of hydrogen-bond acceptors (Lipinski definition) is 5. The van der Waals surface area contributed by atoms with Crippen LogP contribution in [0.2, 0.25) is 0 Å². The minimum Gasteiger partial charge on any atom is -0.300 e. The zero-order valence-electron chi connectivity index (χ0n) is 9.50. The predicted octanol–water partition coefficient (Wildman–Crippen LogP) is 2.26. The van der Waals surface area contributed by atoms with Crippen LogP contribution in [0.25, 0.3) is 0 Å². The normalized spacial score (nSPS) is 10.0. The highest BCUT2D eigenvalue weighted by Crippen LogP contribution is 2.15. The first kappa shape index (κ1) is 12.8. The molecule has 0 atom stereocenters. The van der Waals surface area contributed by atoms with Gasteiger partial charge in [-0.2, -0.15) is 0 Å². The first-order valence-corrected chi connectivity index (χ1v) is 6.66. The van der Waals surface area contributed by atoms with Crippen LogP contribution in [0, 0.1) is 0 Å². The summed E-state index contributed by atoms with van der Waals surface area (Å²) < 4.78 is 0. The van der Waals surface area contributed by atoms with Crippen LogP contribution < -0.4 is 5.32 Å². The Labute approximate surface area is 114 Å². The van der Waals surface area contributed by atoms with Gasteiger partial charge >= 0.3 is 0 Å². The number of hydrogen-bond donors (Lipinski definition) is 1. The first-order valence-electron chi connectivity index (χ1n) is 5.37. The number of anilines is 1. The lowest BCUT2D eigenvalue weighted by atomic mass is 10.1. The second-order valence-electron chi connectivity index (χ2n) is 3.58. The maximum absolute atomic E-state index is 11.7. The summed E-state index contributed by atoms with van der Waals surface area (Å²) in [7, 11) is 0. The molecular formula is C12H11N3OS2. The molecule has 18 heavy (non-hydrogen) atoms. The summed E-state index contributed by atoms with van der Waals surface area (Å²) in [6.07, 6.45) is 0.935. The van der Waals surface area contributed by atoms with E-state index in [4.69, 9.17) is 12.2 Å². The lowest BCUT2D eigenvalue weighted by Gasteiger charge is -2.00. The summed E-state index contributed by atoms with van der Waals surface area (Å²) in [4.78, 5) is 11.7. The Morgan fingerprint density at radius 1 is 1.33 bits per heavy atom. The highest BCUT2D eigenvalue weighted by atomic mass is 32.1. The van der Waals surface area contributed by atoms with E-state index in [0.717, 1.165) is 10.6 Å². The predicted molar refractivity (Wildman–Crippen MR) is 76.0 cm³/mol. The fourth-order valence-electron chi connectivity index (χ4n) is 1.40. The number of thiocarbonyl (C=S) groups is 1. The van der Waals surface area contributed by atoms with E-state index >= 15 is 0 Å². The quantitative estimate of drug-likeness (QED) is 0.852. The zero-order valence-corrected chi connectivity index (χ0v) is 11.1. The number of carbonyl (C=O) groups is 1. The third-order valence-corrected chi connectivity index (χ3v) is 3.21. The zero-order chi connectivity index (χ0) is 12.8. The third-order valence-electron chi connectivity index (χ3n) is 2.18. The van der Waals surface area contributed by atoms with Crippen LogP contribution in [0.5, 0.6) is 0 Å². The standard InChI is InChI=1S/C12H11N3OS2/c16-10(8-9-4-2-1-3-5-9)13-12-15-14-11(18-12)6-7-17/h1-5,7H,6,8H2,(H,13,15,16). The molecule has 4 nitrogen and oxygen atoms in total. The molecule has 0 radical (unpaired) electrons. The first-order chi connectivity index (χ1) is 8.78. The number of rotatable bonds is 5. The lowest BCUT2D eigenvalue weighted by molar-refractivity contribution is -0.115. The molecule has 2 aromatic rings. The minimum absolute atomic E-state index is 0.0914. The molecular weight excluding hydrogens is 266 g/mol. The van der Waals surface area contributed by atoms with Crippen molar-refractivity contribution in [1.29, 1.82) is 0 Å². The fraction of sp³-hybridized carbons (Fsp3) is 0.167. The van der Waals surface area contributed by atoms with Gasteiger partial charge in [0.1, 0.15) is 5.01 Å². The van der Waals surface area contributed by atoms with Crippen LogP contribution in [0.4, 0.5) is 5.13 Å². The van der Waals surface area contributed by atoms with E-state index in [2.05, 4.69) is 15.5 Å². The largest absolute Gasteiger partial charge is 0.300 e. The fourth-order valence-corrected chi connectivity index (χ4v) is 2.38. The smallest absolute Gasteiger partial charge is 0.230 e. The molecule has 0 aliphatic carbocycles. The minimum atomic E-state index is -0.0914. The van der Waals surface area contributed by atoms with E-state index in [1.54, 1.807) is 5.37 Å². The maximum atomic E-state index is 11.7. The van der Waals surface area contributed by atoms with Crippen molar-refractivity contribution in [2.45, 2.75) is 12.8 Å². The van der Waals surface area contributed by atoms with E-state index in [-0.39, 0.29) is 5.91 Å². The second kappa shape index (κ2) is 6.32. The van der Waals surface area contributed by atoms with Crippen LogP contribution in [0.1, 0.15) is 10.6 Å². The molecule has 0 unspecified atom stereocenters. The topological polar surface area (TPSA) is 54.9 Å². The van der Waals surface area contributed by atoms with Crippen molar-refractivity contribution in [3.8, 4) is 0 Å². The van der Waals surface area contributed by atoms with Gasteiger partial charge in [-0.1, -0.05) is 53.9 Å². The van der Waals surface area contributed by atoms with Gasteiger partial charge in [-0.25, -0.2) is 0 Å². The third kappa shape index (κ3) is 3.68. The van der Waals surface area contributed by atoms with Crippen LogP contribution in [0.15, 0.2) is 30.3 Å². The maximum Gasteiger partial charge on any atom is 0.230 e. The van der Waals surface area contributed by atoms with Crippen LogP contribution in [-0.2, 0) is 17.6 Å². The molecule has 0 fully saturated rings. The van der Waals surface area contributed by atoms with Gasteiger partial charge in [-0.05, 0) is 10.9 Å². The second-order valence-corrected chi connectivity index (χ2v) is 4.98. The summed E-state index contributed by atoms with van der Waals surface area (Å²) in [5.41, 5.74) is 0.971. The Balaban J connectivity index is 1.92. The number of carbonyl (C=O) groups excluding carboxylic acids is 1. The highest BCUT2D eigenvalue weighted by molar-refractivity contribution is 7.79. The summed E-state index contributed by atoms with van der Waals surface area (Å²) in [6.45, 7) is 0. The Morgan fingerprint density at radius 2 is 2.11 bits per heavy atom. The van der Waals surface area contributed by atoms with Gasteiger partial charge in [-0.15, -0.1) is 10.2 Å². The van der Waals surface area contributed by atoms with Crippen LogP contribution in [0.3, 0.4) is 0 Å². The number of benzene rings is 1. The highest BCUT2D eigenvalue weighted by Gasteiger charge is 2.08. The number of nitrogens with zero attached hydrogens (tertiary/aromatic N) is 2. The summed E-state index contributed by atoms with van der Waals surface area (Å²) in [5, 5.41) is 13.5. The van der Waals surface area contributed by atoms with E-state index in [9.17, 15) is 4.79 Å². The molecule has 0 saturated heterocycles. The molecule has 1 aromatic carbocycles. The SMILES string of the molecule is O=C(Cc1ccccc1)Nc1nnc(CC=S)s1. The van der Waals surface area contributed by atoms with E-state index in [0.29, 0.717) is 18.0 Å². The van der Waals surface area contributed by atoms with Crippen molar-refractivity contribution in [2.75, 3.05) is 5.32 Å². The van der Waals surface area contributed by atoms with E-state index < -0.39 is 0 Å². The van der Waals surface area contributed by atoms with Crippen LogP contribution >= 0.6 is 23.6 Å². The molecule has 6 heteroatoms. The van der Waals surface area contributed by atoms with Crippen LogP contribution in [-0.4, -0.2) is 21.5 Å². The van der Waals surface area contributed by atoms with E-state index in [1.807, 2.05) is 30.3 Å². The molecule has 1 aromatic heterocycles. The van der Waals surface area contributed by atoms with Gasteiger partial charge in [0, 0.05) is 6.42 Å². The molecule has 2 rings (SSSR count). The molecule has 92 valence electrons. The number of aromatic nitrogens is 2. The molecule has 1 amide bonds. The Morgan fingerprint density at radius 3 is 2.83 bits per heavy atom. The Hall–Kier alpha value is -1.66. The van der Waals surface area contributed by atoms with Crippen molar-refractivity contribution in [3.05, 3.63) is 40.9 Å². The van der Waals surface area contributed by atoms with Gasteiger partial charge in [0.25, 0.3) is 0 Å². The van der Waals surface area contributed by atoms with Crippen molar-refractivity contribution in [2.24, 2.45) is 0 Å². The number of amides is 1. The Bertz CT molecular complexity index is 539. The molecule has 0 bridgehead atoms. The lowest BCUT2D eigenvalue weighted by Crippen LogP contribution is -2.14. The number of nitrogens with one attached hydrogen (secondary N) is 1. The van der Waals surface area contributed by atoms with Gasteiger partial charge < -0.3 is 5.32 Å². The van der Waals surface area contributed by atoms with Gasteiger partial charge in [0.05, 0.1) is 6.42 Å². The summed E-state index contributed by atoms with van der Waals surface area (Å²) in [6, 6.07) is 9.56. The van der Waals surface area contributed by atoms with Gasteiger partial charge in [0.2, 0.25) is 11.0 Å². The van der Waals surface area contributed by atoms with E-state index in [1.165, 1.54) is 11.3 Å². The molecule has 1 heterocycles. The molecule has 0 aliphatic heterocycles. The molecule has 0 aliphatic rings. The average molecular weight is 277 g/mol. The van der Waals surface area contributed by atoms with Gasteiger partial charge in [0.15, 0.2) is 0 Å². The van der Waals surface area contributed by atoms with Gasteiger partial charge in [-0.3, -0.25) is 4.79 Å². The van der Waals surface area contributed by atoms with Crippen molar-refractivity contribution < 1.29 is 4.79 Å². The molecule has 0 saturated carbocycles. The Kier molecular flexibility index (Phi) is 4.49. The van der Waals surface area contributed by atoms with Crippen molar-refractivity contribution in [3.63, 3.8) is 0 Å².